The fourth-order valence-electron chi connectivity index (χ4n) is 6.72. The first-order chi connectivity index (χ1) is 13.0. The van der Waals surface area contributed by atoms with Crippen LogP contribution in [0.25, 0.3) is 0 Å². The van der Waals surface area contributed by atoms with Crippen molar-refractivity contribution in [2.45, 2.75) is 62.1 Å². The van der Waals surface area contributed by atoms with Crippen LogP contribution in [0.5, 0.6) is 11.5 Å². The molecule has 0 aromatic heterocycles. The average Bonchev–Trinajstić information content (AvgIpc) is 3.40. The molecule has 144 valence electrons. The van der Waals surface area contributed by atoms with E-state index in [0.717, 1.165) is 47.3 Å². The van der Waals surface area contributed by atoms with Crippen molar-refractivity contribution in [1.82, 2.24) is 0 Å². The molecule has 1 saturated heterocycles. The molecule has 5 rings (SSSR count). The van der Waals surface area contributed by atoms with Crippen LogP contribution in [-0.4, -0.2) is 53.7 Å². The molecule has 0 radical (unpaired) electrons. The van der Waals surface area contributed by atoms with Gasteiger partial charge in [-0.15, -0.1) is 4.91 Å². The summed E-state index contributed by atoms with van der Waals surface area (Å²) in [6, 6.07) is 3.64. The Kier molecular flexibility index (Phi) is 3.38. The highest BCUT2D eigenvalue weighted by molar-refractivity contribution is 5.72. The largest absolute Gasteiger partial charge is 0.504 e. The number of hydrogen-bond acceptors (Lipinski definition) is 5. The summed E-state index contributed by atoms with van der Waals surface area (Å²) < 4.78 is 6.82. The SMILES string of the molecule is CCC1(N=O)C2Cc3ccc(O)c4c3[C@@]1(CC[N@@+]2(C)CC1CC1)C(C=O)O4. The second-order valence-corrected chi connectivity index (χ2v) is 9.26. The van der Waals surface area contributed by atoms with Gasteiger partial charge in [0.1, 0.15) is 6.04 Å². The number of rotatable bonds is 5. The highest BCUT2D eigenvalue weighted by Crippen LogP contribution is 2.64. The van der Waals surface area contributed by atoms with Crippen molar-refractivity contribution in [2.75, 3.05) is 20.1 Å². The van der Waals surface area contributed by atoms with Crippen LogP contribution in [0.3, 0.4) is 0 Å². The number of hydrogen-bond donors (Lipinski definition) is 1. The third-order valence-electron chi connectivity index (χ3n) is 8.10. The minimum absolute atomic E-state index is 0.0309. The molecule has 4 aliphatic rings. The number of carbonyl (C=O) groups excluding carboxylic acids is 1. The van der Waals surface area contributed by atoms with E-state index < -0.39 is 17.1 Å². The number of likely N-dealkylation sites (tertiary alicyclic amines) is 1. The smallest absolute Gasteiger partial charge is 0.168 e. The van der Waals surface area contributed by atoms with Gasteiger partial charge >= 0.3 is 0 Å². The summed E-state index contributed by atoms with van der Waals surface area (Å²) in [6.07, 6.45) is 4.58. The zero-order valence-corrected chi connectivity index (χ0v) is 16.0. The molecule has 27 heavy (non-hydrogen) atoms. The first-order valence-corrected chi connectivity index (χ1v) is 10.1. The number of likely N-dealkylation sites (N-methyl/N-ethyl adjacent to an activating group) is 1. The quantitative estimate of drug-likeness (QED) is 0.490. The highest BCUT2D eigenvalue weighted by atomic mass is 16.5. The topological polar surface area (TPSA) is 76.0 Å². The van der Waals surface area contributed by atoms with Crippen LogP contribution >= 0.6 is 0 Å². The Labute approximate surface area is 159 Å². The van der Waals surface area contributed by atoms with Gasteiger partial charge in [-0.3, -0.25) is 4.79 Å². The maximum absolute atomic E-state index is 12.6. The number of aldehydes is 1. The molecule has 2 aliphatic heterocycles. The van der Waals surface area contributed by atoms with Gasteiger partial charge in [0.25, 0.3) is 0 Å². The Hall–Kier alpha value is -1.95. The van der Waals surface area contributed by atoms with Crippen LogP contribution in [0.2, 0.25) is 0 Å². The van der Waals surface area contributed by atoms with E-state index >= 15 is 0 Å². The van der Waals surface area contributed by atoms with Gasteiger partial charge in [0.15, 0.2) is 29.4 Å². The number of carbonyl (C=O) groups is 1. The van der Waals surface area contributed by atoms with Crippen LogP contribution < -0.4 is 4.74 Å². The van der Waals surface area contributed by atoms with Crippen molar-refractivity contribution in [2.24, 2.45) is 11.1 Å². The Bertz CT molecular complexity index is 838. The van der Waals surface area contributed by atoms with E-state index in [1.54, 1.807) is 6.07 Å². The summed E-state index contributed by atoms with van der Waals surface area (Å²) in [4.78, 5) is 24.7. The highest BCUT2D eigenvalue weighted by Gasteiger charge is 2.75. The summed E-state index contributed by atoms with van der Waals surface area (Å²) in [5.74, 6) is 1.18. The van der Waals surface area contributed by atoms with Crippen LogP contribution in [0, 0.1) is 10.8 Å². The second kappa shape index (κ2) is 5.31. The normalized spacial score (nSPS) is 41.6. The molecule has 1 N–H and O–H groups in total. The number of quaternary nitrogens is 1. The van der Waals surface area contributed by atoms with E-state index in [9.17, 15) is 14.8 Å². The lowest BCUT2D eigenvalue weighted by Gasteiger charge is -2.61. The number of ether oxygens (including phenoxy) is 1. The predicted molar refractivity (Wildman–Crippen MR) is 99.8 cm³/mol. The maximum atomic E-state index is 12.6. The predicted octanol–water partition coefficient (Wildman–Crippen LogP) is 2.69. The molecule has 2 bridgehead atoms. The first kappa shape index (κ1) is 17.2. The van der Waals surface area contributed by atoms with Crippen LogP contribution in [0.4, 0.5) is 0 Å². The van der Waals surface area contributed by atoms with Gasteiger partial charge in [0, 0.05) is 24.3 Å². The lowest BCUT2D eigenvalue weighted by atomic mass is 9.50. The molecule has 5 atom stereocenters. The number of fused-ring (bicyclic) bond motifs is 1. The summed E-state index contributed by atoms with van der Waals surface area (Å²) in [5.41, 5.74) is 0.311. The van der Waals surface area contributed by atoms with Crippen LogP contribution in [0.1, 0.15) is 43.7 Å². The minimum Gasteiger partial charge on any atom is -0.504 e. The summed E-state index contributed by atoms with van der Waals surface area (Å²) >= 11 is 0. The van der Waals surface area contributed by atoms with Gasteiger partial charge in [-0.2, -0.15) is 0 Å². The van der Waals surface area contributed by atoms with E-state index in [0.29, 0.717) is 18.6 Å². The zero-order valence-electron chi connectivity index (χ0n) is 16.0. The maximum Gasteiger partial charge on any atom is 0.168 e. The van der Waals surface area contributed by atoms with Crippen molar-refractivity contribution in [3.63, 3.8) is 0 Å². The lowest BCUT2D eigenvalue weighted by Crippen LogP contribution is -2.78. The molecule has 1 spiro atoms. The standard InChI is InChI=1S/C21H26N2O4/c1-3-21(22-26)16-10-14-6-7-15(25)19-18(14)20(21,17(12-24)27-19)8-9-23(16,2)11-13-4-5-13/h6-7,12-13,16-17H,3-5,8-11H2,1-2H3/p+1/t16?,17?,20-,21?,23+/m1/s1. The number of nitroso groups, excluding NO2 is 1. The molecule has 1 aromatic carbocycles. The second-order valence-electron chi connectivity index (χ2n) is 9.26. The molecule has 6 heteroatoms. The summed E-state index contributed by atoms with van der Waals surface area (Å²) in [5, 5.41) is 14.2. The van der Waals surface area contributed by atoms with E-state index in [1.807, 2.05) is 13.0 Å². The first-order valence-electron chi connectivity index (χ1n) is 10.1. The monoisotopic (exact) mass is 371 g/mol. The van der Waals surface area contributed by atoms with Crippen molar-refractivity contribution in [1.29, 1.82) is 0 Å². The van der Waals surface area contributed by atoms with E-state index in [4.69, 9.17) is 4.74 Å². The van der Waals surface area contributed by atoms with Gasteiger partial charge in [-0.05, 0) is 30.9 Å². The fraction of sp³-hybridized carbons (Fsp3) is 0.667. The zero-order chi connectivity index (χ0) is 19.0. The molecule has 0 amide bonds. The van der Waals surface area contributed by atoms with Gasteiger partial charge in [-0.1, -0.05) is 18.2 Å². The number of piperidine rings is 1. The number of phenols is 1. The van der Waals surface area contributed by atoms with Crippen molar-refractivity contribution < 1.29 is 19.1 Å². The van der Waals surface area contributed by atoms with Gasteiger partial charge in [-0.25, -0.2) is 0 Å². The molecule has 6 nitrogen and oxygen atoms in total. The molecular formula is C21H27N2O4+. The summed E-state index contributed by atoms with van der Waals surface area (Å²) in [6.45, 7) is 3.99. The molecule has 1 aromatic rings. The Morgan fingerprint density at radius 2 is 2.19 bits per heavy atom. The molecule has 2 heterocycles. The number of benzene rings is 1. The third-order valence-corrected chi connectivity index (χ3v) is 8.10. The van der Waals surface area contributed by atoms with E-state index in [-0.39, 0.29) is 11.8 Å². The molecule has 2 fully saturated rings. The van der Waals surface area contributed by atoms with E-state index in [2.05, 4.69) is 12.2 Å². The fourth-order valence-corrected chi connectivity index (χ4v) is 6.72. The van der Waals surface area contributed by atoms with E-state index in [1.165, 1.54) is 12.8 Å². The van der Waals surface area contributed by atoms with Crippen molar-refractivity contribution in [3.05, 3.63) is 28.2 Å². The number of nitrogens with zero attached hydrogens (tertiary/aromatic N) is 2. The van der Waals surface area contributed by atoms with Gasteiger partial charge in [0.2, 0.25) is 0 Å². The minimum atomic E-state index is -0.896. The number of phenolic OH excluding ortho intramolecular Hbond substituents is 1. The van der Waals surface area contributed by atoms with Crippen molar-refractivity contribution in [3.8, 4) is 11.5 Å². The summed E-state index contributed by atoms with van der Waals surface area (Å²) in [7, 11) is 2.27. The average molecular weight is 371 g/mol. The number of aromatic hydroxyl groups is 1. The Balaban J connectivity index is 1.78. The van der Waals surface area contributed by atoms with Crippen LogP contribution in [-0.2, 0) is 16.6 Å². The molecular weight excluding hydrogens is 344 g/mol. The van der Waals surface area contributed by atoms with Gasteiger partial charge in [0.05, 0.1) is 25.6 Å². The molecule has 2 aliphatic carbocycles. The molecule has 1 saturated carbocycles. The third kappa shape index (κ3) is 1.87. The molecule has 3 unspecified atom stereocenters. The Morgan fingerprint density at radius 1 is 1.41 bits per heavy atom. The van der Waals surface area contributed by atoms with Crippen molar-refractivity contribution >= 4 is 6.29 Å². The van der Waals surface area contributed by atoms with Gasteiger partial charge < -0.3 is 14.3 Å². The van der Waals surface area contributed by atoms with Crippen LogP contribution in [0.15, 0.2) is 17.3 Å². The Morgan fingerprint density at radius 3 is 2.81 bits per heavy atom. The lowest BCUT2D eigenvalue weighted by molar-refractivity contribution is -0.946.